The first-order valence-corrected chi connectivity index (χ1v) is 9.77. The normalized spacial score (nSPS) is 18.5. The van der Waals surface area contributed by atoms with E-state index in [0.717, 1.165) is 25.9 Å². The molecule has 0 saturated carbocycles. The van der Waals surface area contributed by atoms with Crippen LogP contribution in [0.3, 0.4) is 0 Å². The molecule has 0 N–H and O–H groups in total. The maximum Gasteiger partial charge on any atom is 0.289 e. The molecule has 2 aromatic rings. The van der Waals surface area contributed by atoms with E-state index in [1.165, 1.54) is 0 Å². The molecule has 0 spiro atoms. The van der Waals surface area contributed by atoms with Crippen molar-refractivity contribution in [1.29, 1.82) is 0 Å². The van der Waals surface area contributed by atoms with E-state index in [0.29, 0.717) is 5.92 Å². The minimum atomic E-state index is -3.48. The summed E-state index contributed by atoms with van der Waals surface area (Å²) in [5, 5.41) is 0. The summed E-state index contributed by atoms with van der Waals surface area (Å²) in [4.78, 5) is 14.5. The molecule has 1 atom stereocenters. The average Bonchev–Trinajstić information content (AvgIpc) is 3.03. The Morgan fingerprint density at radius 1 is 1.21 bits per heavy atom. The zero-order valence-electron chi connectivity index (χ0n) is 13.6. The SMILES string of the molecule is C[C@@H]1CCCN(C(=O)c2ccc(CS(=O)(=O)c3ccccc3)o2)C1. The van der Waals surface area contributed by atoms with Crippen LogP contribution in [-0.4, -0.2) is 32.3 Å². The quantitative estimate of drug-likeness (QED) is 0.852. The zero-order chi connectivity index (χ0) is 17.2. The summed E-state index contributed by atoms with van der Waals surface area (Å²) in [6.45, 7) is 3.57. The van der Waals surface area contributed by atoms with Gasteiger partial charge in [0, 0.05) is 13.1 Å². The van der Waals surface area contributed by atoms with Gasteiger partial charge in [0.1, 0.15) is 11.5 Å². The van der Waals surface area contributed by atoms with Gasteiger partial charge >= 0.3 is 0 Å². The fourth-order valence-corrected chi connectivity index (χ4v) is 4.27. The van der Waals surface area contributed by atoms with E-state index in [-0.39, 0.29) is 28.1 Å². The molecule has 0 unspecified atom stereocenters. The number of piperidine rings is 1. The molecule has 1 amide bonds. The van der Waals surface area contributed by atoms with E-state index < -0.39 is 9.84 Å². The highest BCUT2D eigenvalue weighted by molar-refractivity contribution is 7.90. The van der Waals surface area contributed by atoms with Gasteiger partial charge in [-0.1, -0.05) is 25.1 Å². The van der Waals surface area contributed by atoms with Crippen molar-refractivity contribution in [3.05, 3.63) is 54.0 Å². The smallest absolute Gasteiger partial charge is 0.289 e. The Hall–Kier alpha value is -2.08. The summed E-state index contributed by atoms with van der Waals surface area (Å²) in [7, 11) is -3.48. The van der Waals surface area contributed by atoms with Crippen molar-refractivity contribution >= 4 is 15.7 Å². The molecule has 5 nitrogen and oxygen atoms in total. The van der Waals surface area contributed by atoms with E-state index in [1.807, 2.05) is 0 Å². The third-order valence-electron chi connectivity index (χ3n) is 4.25. The van der Waals surface area contributed by atoms with Crippen molar-refractivity contribution in [2.75, 3.05) is 13.1 Å². The molecule has 24 heavy (non-hydrogen) atoms. The van der Waals surface area contributed by atoms with Crippen molar-refractivity contribution in [2.45, 2.75) is 30.4 Å². The molecule has 0 bridgehead atoms. The second kappa shape index (κ2) is 6.81. The first-order chi connectivity index (χ1) is 11.5. The Balaban J connectivity index is 1.73. The van der Waals surface area contributed by atoms with Crippen LogP contribution in [0.4, 0.5) is 0 Å². The van der Waals surface area contributed by atoms with E-state index in [9.17, 15) is 13.2 Å². The van der Waals surface area contributed by atoms with E-state index in [2.05, 4.69) is 6.92 Å². The van der Waals surface area contributed by atoms with Crippen LogP contribution in [0.1, 0.15) is 36.1 Å². The lowest BCUT2D eigenvalue weighted by Gasteiger charge is -2.30. The predicted octanol–water partition coefficient (Wildman–Crippen LogP) is 3.13. The van der Waals surface area contributed by atoms with Gasteiger partial charge in [0.25, 0.3) is 5.91 Å². The maximum absolute atomic E-state index is 12.5. The van der Waals surface area contributed by atoms with Gasteiger partial charge < -0.3 is 9.32 Å². The van der Waals surface area contributed by atoms with Gasteiger partial charge in [-0.3, -0.25) is 4.79 Å². The number of furan rings is 1. The number of benzene rings is 1. The van der Waals surface area contributed by atoms with E-state index in [1.54, 1.807) is 47.4 Å². The standard InChI is InChI=1S/C18H21NO4S/c1-14-6-5-11-19(12-14)18(20)17-10-9-15(23-17)13-24(21,22)16-7-3-2-4-8-16/h2-4,7-10,14H,5-6,11-13H2,1H3/t14-/m1/s1. The Morgan fingerprint density at radius 2 is 1.96 bits per heavy atom. The predicted molar refractivity (Wildman–Crippen MR) is 90.3 cm³/mol. The number of nitrogens with zero attached hydrogens (tertiary/aromatic N) is 1. The highest BCUT2D eigenvalue weighted by Gasteiger charge is 2.25. The van der Waals surface area contributed by atoms with Gasteiger partial charge in [-0.05, 0) is 43.0 Å². The molecule has 0 radical (unpaired) electrons. The number of likely N-dealkylation sites (tertiary alicyclic amines) is 1. The van der Waals surface area contributed by atoms with Crippen LogP contribution in [0.2, 0.25) is 0 Å². The van der Waals surface area contributed by atoms with Gasteiger partial charge in [0.15, 0.2) is 15.6 Å². The first-order valence-electron chi connectivity index (χ1n) is 8.11. The summed E-state index contributed by atoms with van der Waals surface area (Å²) in [6, 6.07) is 11.4. The molecule has 1 saturated heterocycles. The highest BCUT2D eigenvalue weighted by Crippen LogP contribution is 2.21. The monoisotopic (exact) mass is 347 g/mol. The summed E-state index contributed by atoms with van der Waals surface area (Å²) < 4.78 is 30.3. The van der Waals surface area contributed by atoms with Crippen molar-refractivity contribution in [2.24, 2.45) is 5.92 Å². The van der Waals surface area contributed by atoms with Crippen LogP contribution in [0, 0.1) is 5.92 Å². The number of rotatable bonds is 4. The summed E-state index contributed by atoms with van der Waals surface area (Å²) in [5.41, 5.74) is 0. The summed E-state index contributed by atoms with van der Waals surface area (Å²) >= 11 is 0. The van der Waals surface area contributed by atoms with E-state index >= 15 is 0 Å². The van der Waals surface area contributed by atoms with Gasteiger partial charge in [-0.25, -0.2) is 8.42 Å². The molecular formula is C18H21NO4S. The van der Waals surface area contributed by atoms with Crippen molar-refractivity contribution < 1.29 is 17.6 Å². The summed E-state index contributed by atoms with van der Waals surface area (Å²) in [6.07, 6.45) is 2.12. The maximum atomic E-state index is 12.5. The van der Waals surface area contributed by atoms with Crippen molar-refractivity contribution in [3.8, 4) is 0 Å². The lowest BCUT2D eigenvalue weighted by atomic mass is 10.0. The Kier molecular flexibility index (Phi) is 4.76. The van der Waals surface area contributed by atoms with Crippen LogP contribution in [0.15, 0.2) is 51.8 Å². The lowest BCUT2D eigenvalue weighted by molar-refractivity contribution is 0.0649. The molecule has 1 aromatic carbocycles. The van der Waals surface area contributed by atoms with Gasteiger partial charge in [-0.15, -0.1) is 0 Å². The van der Waals surface area contributed by atoms with Crippen LogP contribution >= 0.6 is 0 Å². The van der Waals surface area contributed by atoms with Crippen LogP contribution < -0.4 is 0 Å². The molecular weight excluding hydrogens is 326 g/mol. The topological polar surface area (TPSA) is 67.6 Å². The Bertz CT molecular complexity index is 811. The third kappa shape index (κ3) is 3.70. The van der Waals surface area contributed by atoms with E-state index in [4.69, 9.17) is 4.42 Å². The molecule has 6 heteroatoms. The first kappa shape index (κ1) is 16.8. The third-order valence-corrected chi connectivity index (χ3v) is 5.91. The fraction of sp³-hybridized carbons (Fsp3) is 0.389. The Labute approximate surface area is 142 Å². The minimum Gasteiger partial charge on any atom is -0.455 e. The van der Waals surface area contributed by atoms with Crippen LogP contribution in [0.25, 0.3) is 0 Å². The molecule has 2 heterocycles. The molecule has 1 aliphatic rings. The number of sulfone groups is 1. The fourth-order valence-electron chi connectivity index (χ4n) is 3.00. The van der Waals surface area contributed by atoms with Crippen molar-refractivity contribution in [3.63, 3.8) is 0 Å². The average molecular weight is 347 g/mol. The summed E-state index contributed by atoms with van der Waals surface area (Å²) in [5.74, 6) is 0.566. The van der Waals surface area contributed by atoms with Crippen molar-refractivity contribution in [1.82, 2.24) is 4.90 Å². The van der Waals surface area contributed by atoms with Crippen LogP contribution in [-0.2, 0) is 15.6 Å². The molecule has 1 aliphatic heterocycles. The second-order valence-electron chi connectivity index (χ2n) is 6.34. The van der Waals surface area contributed by atoms with Gasteiger partial charge in [0.05, 0.1) is 4.90 Å². The highest BCUT2D eigenvalue weighted by atomic mass is 32.2. The molecule has 1 fully saturated rings. The molecule has 0 aliphatic carbocycles. The van der Waals surface area contributed by atoms with Gasteiger partial charge in [-0.2, -0.15) is 0 Å². The Morgan fingerprint density at radius 3 is 2.67 bits per heavy atom. The molecule has 3 rings (SSSR count). The molecule has 128 valence electrons. The molecule has 1 aromatic heterocycles. The van der Waals surface area contributed by atoms with Crippen LogP contribution in [0.5, 0.6) is 0 Å². The second-order valence-corrected chi connectivity index (χ2v) is 8.33. The van der Waals surface area contributed by atoms with Gasteiger partial charge in [0.2, 0.25) is 0 Å². The number of hydrogen-bond acceptors (Lipinski definition) is 4. The number of carbonyl (C=O) groups excluding carboxylic acids is 1. The zero-order valence-corrected chi connectivity index (χ0v) is 14.5. The number of hydrogen-bond donors (Lipinski definition) is 0. The number of carbonyl (C=O) groups is 1. The number of amides is 1. The lowest BCUT2D eigenvalue weighted by Crippen LogP contribution is -2.38. The minimum absolute atomic E-state index is 0.162. The largest absolute Gasteiger partial charge is 0.455 e.